The van der Waals surface area contributed by atoms with Gasteiger partial charge < -0.3 is 5.32 Å². The number of rotatable bonds is 4. The number of pyridine rings is 1. The van der Waals surface area contributed by atoms with Crippen molar-refractivity contribution in [2.45, 2.75) is 20.4 Å². The zero-order valence-corrected chi connectivity index (χ0v) is 15.7. The maximum absolute atomic E-state index is 12.2. The van der Waals surface area contributed by atoms with E-state index in [1.165, 1.54) is 5.56 Å². The number of hydrogen-bond acceptors (Lipinski definition) is 4. The van der Waals surface area contributed by atoms with Crippen molar-refractivity contribution in [2.24, 2.45) is 0 Å². The van der Waals surface area contributed by atoms with Crippen LogP contribution in [-0.2, 0) is 6.54 Å². The van der Waals surface area contributed by atoms with Crippen LogP contribution < -0.4 is 5.32 Å². The van der Waals surface area contributed by atoms with Crippen LogP contribution in [0, 0.1) is 13.8 Å². The molecule has 0 saturated carbocycles. The molecule has 2 heterocycles. The molecule has 4 nitrogen and oxygen atoms in total. The Hall–Kier alpha value is -2.05. The van der Waals surface area contributed by atoms with Gasteiger partial charge in [0.15, 0.2) is 0 Å². The molecule has 0 unspecified atom stereocenters. The molecule has 24 heavy (non-hydrogen) atoms. The lowest BCUT2D eigenvalue weighted by molar-refractivity contribution is 0.0951. The SMILES string of the molecule is Cc1ccccc1-c1nc(C)c(CNC(=O)c2cncc(Br)c2)s1. The van der Waals surface area contributed by atoms with Gasteiger partial charge in [0.2, 0.25) is 0 Å². The van der Waals surface area contributed by atoms with E-state index in [1.54, 1.807) is 29.8 Å². The number of benzene rings is 1. The number of thiazole rings is 1. The summed E-state index contributed by atoms with van der Waals surface area (Å²) in [4.78, 5) is 22.0. The van der Waals surface area contributed by atoms with E-state index in [0.717, 1.165) is 25.6 Å². The number of aromatic nitrogens is 2. The third-order valence-electron chi connectivity index (χ3n) is 3.64. The molecule has 0 bridgehead atoms. The Balaban J connectivity index is 1.75. The van der Waals surface area contributed by atoms with Gasteiger partial charge in [-0.05, 0) is 41.4 Å². The molecule has 0 spiro atoms. The number of carbonyl (C=O) groups is 1. The van der Waals surface area contributed by atoms with Crippen molar-refractivity contribution in [3.63, 3.8) is 0 Å². The molecule has 0 radical (unpaired) electrons. The summed E-state index contributed by atoms with van der Waals surface area (Å²) >= 11 is 4.94. The summed E-state index contributed by atoms with van der Waals surface area (Å²) in [6.45, 7) is 4.51. The van der Waals surface area contributed by atoms with E-state index in [2.05, 4.69) is 50.3 Å². The molecule has 0 fully saturated rings. The Labute approximate surface area is 153 Å². The van der Waals surface area contributed by atoms with E-state index >= 15 is 0 Å². The first-order chi connectivity index (χ1) is 11.5. The molecule has 6 heteroatoms. The van der Waals surface area contributed by atoms with E-state index in [1.807, 2.05) is 19.1 Å². The van der Waals surface area contributed by atoms with Crippen molar-refractivity contribution in [3.8, 4) is 10.6 Å². The quantitative estimate of drug-likeness (QED) is 0.699. The molecule has 1 amide bonds. The van der Waals surface area contributed by atoms with Gasteiger partial charge in [-0.2, -0.15) is 0 Å². The van der Waals surface area contributed by atoms with Crippen LogP contribution in [0.1, 0.15) is 26.5 Å². The summed E-state index contributed by atoms with van der Waals surface area (Å²) < 4.78 is 0.783. The van der Waals surface area contributed by atoms with Crippen molar-refractivity contribution in [1.29, 1.82) is 0 Å². The van der Waals surface area contributed by atoms with E-state index < -0.39 is 0 Å². The fraction of sp³-hybridized carbons (Fsp3) is 0.167. The highest BCUT2D eigenvalue weighted by Crippen LogP contribution is 2.30. The number of hydrogen-bond donors (Lipinski definition) is 1. The number of amides is 1. The van der Waals surface area contributed by atoms with Gasteiger partial charge in [0.25, 0.3) is 5.91 Å². The Morgan fingerprint density at radius 2 is 2.04 bits per heavy atom. The van der Waals surface area contributed by atoms with E-state index in [9.17, 15) is 4.79 Å². The van der Waals surface area contributed by atoms with Crippen LogP contribution in [0.25, 0.3) is 10.6 Å². The summed E-state index contributed by atoms with van der Waals surface area (Å²) in [6, 6.07) is 9.94. The van der Waals surface area contributed by atoms with Gasteiger partial charge in [-0.1, -0.05) is 24.3 Å². The minimum atomic E-state index is -0.144. The molecule has 122 valence electrons. The fourth-order valence-corrected chi connectivity index (χ4v) is 3.78. The van der Waals surface area contributed by atoms with Crippen LogP contribution in [0.3, 0.4) is 0 Å². The lowest BCUT2D eigenvalue weighted by atomic mass is 10.1. The Morgan fingerprint density at radius 3 is 2.79 bits per heavy atom. The summed E-state index contributed by atoms with van der Waals surface area (Å²) in [5.41, 5.74) is 3.82. The normalized spacial score (nSPS) is 10.6. The van der Waals surface area contributed by atoms with Crippen LogP contribution >= 0.6 is 27.3 Å². The minimum Gasteiger partial charge on any atom is -0.347 e. The lowest BCUT2D eigenvalue weighted by Gasteiger charge is -2.04. The van der Waals surface area contributed by atoms with E-state index in [0.29, 0.717) is 12.1 Å². The third kappa shape index (κ3) is 3.71. The average Bonchev–Trinajstić information content (AvgIpc) is 2.93. The van der Waals surface area contributed by atoms with Crippen LogP contribution in [0.4, 0.5) is 0 Å². The largest absolute Gasteiger partial charge is 0.347 e. The molecule has 2 aromatic heterocycles. The zero-order chi connectivity index (χ0) is 17.1. The van der Waals surface area contributed by atoms with Crippen molar-refractivity contribution in [3.05, 3.63) is 68.9 Å². The topological polar surface area (TPSA) is 54.9 Å². The predicted molar refractivity (Wildman–Crippen MR) is 100 cm³/mol. The molecular weight excluding hydrogens is 386 g/mol. The second-order valence-corrected chi connectivity index (χ2v) is 7.42. The van der Waals surface area contributed by atoms with Gasteiger partial charge in [0.1, 0.15) is 5.01 Å². The second kappa shape index (κ2) is 7.23. The van der Waals surface area contributed by atoms with Gasteiger partial charge in [-0.15, -0.1) is 11.3 Å². The van der Waals surface area contributed by atoms with Gasteiger partial charge in [0, 0.05) is 27.3 Å². The van der Waals surface area contributed by atoms with Crippen molar-refractivity contribution in [2.75, 3.05) is 0 Å². The monoisotopic (exact) mass is 401 g/mol. The average molecular weight is 402 g/mol. The summed E-state index contributed by atoms with van der Waals surface area (Å²) in [5.74, 6) is -0.144. The molecule has 0 saturated heterocycles. The molecule has 1 aromatic carbocycles. The van der Waals surface area contributed by atoms with Crippen LogP contribution in [-0.4, -0.2) is 15.9 Å². The third-order valence-corrected chi connectivity index (χ3v) is 5.27. The molecular formula is C18H16BrN3OS. The molecule has 3 aromatic rings. The first kappa shape index (κ1) is 16.8. The Bertz CT molecular complexity index is 891. The molecule has 0 atom stereocenters. The first-order valence-corrected chi connectivity index (χ1v) is 9.06. The molecule has 0 aliphatic carbocycles. The highest BCUT2D eigenvalue weighted by Gasteiger charge is 2.13. The molecule has 3 rings (SSSR count). The molecule has 0 aliphatic rings. The number of nitrogens with zero attached hydrogens (tertiary/aromatic N) is 2. The van der Waals surface area contributed by atoms with Gasteiger partial charge in [-0.3, -0.25) is 9.78 Å². The second-order valence-electron chi connectivity index (χ2n) is 5.42. The predicted octanol–water partition coefficient (Wildman–Crippen LogP) is 4.51. The fourth-order valence-electron chi connectivity index (χ4n) is 2.32. The minimum absolute atomic E-state index is 0.144. The number of halogens is 1. The summed E-state index contributed by atoms with van der Waals surface area (Å²) in [7, 11) is 0. The number of carbonyl (C=O) groups excluding carboxylic acids is 1. The van der Waals surface area contributed by atoms with Gasteiger partial charge in [0.05, 0.1) is 17.8 Å². The first-order valence-electron chi connectivity index (χ1n) is 7.45. The lowest BCUT2D eigenvalue weighted by Crippen LogP contribution is -2.22. The number of aryl methyl sites for hydroxylation is 2. The Morgan fingerprint density at radius 1 is 1.25 bits per heavy atom. The Kier molecular flexibility index (Phi) is 5.06. The van der Waals surface area contributed by atoms with Gasteiger partial charge in [-0.25, -0.2) is 4.98 Å². The molecule has 0 aliphatic heterocycles. The number of nitrogens with one attached hydrogen (secondary N) is 1. The van der Waals surface area contributed by atoms with E-state index in [4.69, 9.17) is 0 Å². The summed E-state index contributed by atoms with van der Waals surface area (Å²) in [5, 5.41) is 3.92. The maximum Gasteiger partial charge on any atom is 0.253 e. The maximum atomic E-state index is 12.2. The standard InChI is InChI=1S/C18H16BrN3OS/c1-11-5-3-4-6-15(11)18-22-12(2)16(24-18)10-21-17(23)13-7-14(19)9-20-8-13/h3-9H,10H2,1-2H3,(H,21,23). The highest BCUT2D eigenvalue weighted by molar-refractivity contribution is 9.10. The molecule has 1 N–H and O–H groups in total. The van der Waals surface area contributed by atoms with Crippen LogP contribution in [0.2, 0.25) is 0 Å². The summed E-state index contributed by atoms with van der Waals surface area (Å²) in [6.07, 6.45) is 3.21. The highest BCUT2D eigenvalue weighted by atomic mass is 79.9. The van der Waals surface area contributed by atoms with E-state index in [-0.39, 0.29) is 5.91 Å². The van der Waals surface area contributed by atoms with Crippen molar-refractivity contribution in [1.82, 2.24) is 15.3 Å². The van der Waals surface area contributed by atoms with Crippen LogP contribution in [0.5, 0.6) is 0 Å². The zero-order valence-electron chi connectivity index (χ0n) is 13.3. The van der Waals surface area contributed by atoms with Crippen molar-refractivity contribution < 1.29 is 4.79 Å². The van der Waals surface area contributed by atoms with Crippen LogP contribution in [0.15, 0.2) is 47.2 Å². The van der Waals surface area contributed by atoms with Gasteiger partial charge >= 0.3 is 0 Å². The smallest absolute Gasteiger partial charge is 0.253 e. The van der Waals surface area contributed by atoms with Crippen molar-refractivity contribution >= 4 is 33.2 Å².